The van der Waals surface area contributed by atoms with Gasteiger partial charge in [0.2, 0.25) is 0 Å². The first-order chi connectivity index (χ1) is 11.4. The van der Waals surface area contributed by atoms with Crippen molar-refractivity contribution in [3.63, 3.8) is 0 Å². The SMILES string of the molecule is COCc1ccccc1NC(N)=NCC(C)(C)c1ccccc1F. The Kier molecular flexibility index (Phi) is 5.93. The molecule has 24 heavy (non-hydrogen) atoms. The van der Waals surface area contributed by atoms with Gasteiger partial charge >= 0.3 is 0 Å². The lowest BCUT2D eigenvalue weighted by Crippen LogP contribution is -2.28. The van der Waals surface area contributed by atoms with Gasteiger partial charge in [-0.3, -0.25) is 4.99 Å². The predicted octanol–water partition coefficient (Wildman–Crippen LogP) is 3.68. The molecule has 0 aliphatic carbocycles. The Hall–Kier alpha value is -2.40. The number of guanidine groups is 1. The van der Waals surface area contributed by atoms with Crippen LogP contribution in [0.2, 0.25) is 0 Å². The highest BCUT2D eigenvalue weighted by atomic mass is 19.1. The maximum absolute atomic E-state index is 14.0. The van der Waals surface area contributed by atoms with Gasteiger partial charge in [-0.1, -0.05) is 50.2 Å². The van der Waals surface area contributed by atoms with E-state index in [4.69, 9.17) is 10.5 Å². The van der Waals surface area contributed by atoms with Crippen LogP contribution in [0, 0.1) is 5.82 Å². The Labute approximate surface area is 142 Å². The lowest BCUT2D eigenvalue weighted by molar-refractivity contribution is 0.185. The van der Waals surface area contributed by atoms with E-state index in [0.29, 0.717) is 24.7 Å². The number of hydrogen-bond acceptors (Lipinski definition) is 2. The van der Waals surface area contributed by atoms with Gasteiger partial charge in [-0.25, -0.2) is 4.39 Å². The normalized spacial score (nSPS) is 12.2. The van der Waals surface area contributed by atoms with E-state index < -0.39 is 5.41 Å². The molecule has 0 aliphatic heterocycles. The second-order valence-electron chi connectivity index (χ2n) is 6.28. The summed E-state index contributed by atoms with van der Waals surface area (Å²) in [4.78, 5) is 4.39. The minimum absolute atomic E-state index is 0.227. The molecule has 2 aromatic rings. The number of rotatable bonds is 6. The summed E-state index contributed by atoms with van der Waals surface area (Å²) >= 11 is 0. The third kappa shape index (κ3) is 4.55. The minimum atomic E-state index is -0.455. The summed E-state index contributed by atoms with van der Waals surface area (Å²) in [5, 5.41) is 3.09. The number of nitrogens with one attached hydrogen (secondary N) is 1. The Morgan fingerprint density at radius 2 is 1.83 bits per heavy atom. The molecule has 3 N–H and O–H groups in total. The van der Waals surface area contributed by atoms with Crippen LogP contribution in [0.1, 0.15) is 25.0 Å². The number of benzene rings is 2. The highest BCUT2D eigenvalue weighted by Gasteiger charge is 2.23. The van der Waals surface area contributed by atoms with Gasteiger partial charge in [-0.15, -0.1) is 0 Å². The number of nitrogens with zero attached hydrogens (tertiary/aromatic N) is 1. The van der Waals surface area contributed by atoms with Gasteiger partial charge in [0.25, 0.3) is 0 Å². The van der Waals surface area contributed by atoms with Crippen LogP contribution in [-0.4, -0.2) is 19.6 Å². The molecule has 5 heteroatoms. The largest absolute Gasteiger partial charge is 0.380 e. The first-order valence-electron chi connectivity index (χ1n) is 7.83. The molecule has 128 valence electrons. The van der Waals surface area contributed by atoms with Gasteiger partial charge in [0.1, 0.15) is 5.82 Å². The third-order valence-electron chi connectivity index (χ3n) is 3.83. The molecule has 0 radical (unpaired) electrons. The Balaban J connectivity index is 2.10. The fraction of sp³-hybridized carbons (Fsp3) is 0.316. The van der Waals surface area contributed by atoms with Gasteiger partial charge in [0.05, 0.1) is 13.2 Å². The Morgan fingerprint density at radius 1 is 1.17 bits per heavy atom. The van der Waals surface area contributed by atoms with Crippen molar-refractivity contribution in [2.24, 2.45) is 10.7 Å². The van der Waals surface area contributed by atoms with E-state index in [9.17, 15) is 4.39 Å². The molecule has 0 fully saturated rings. The molecule has 0 aromatic heterocycles. The molecule has 0 spiro atoms. The number of methoxy groups -OCH3 is 1. The number of hydrogen-bond donors (Lipinski definition) is 2. The van der Waals surface area contributed by atoms with Crippen LogP contribution in [0.3, 0.4) is 0 Å². The van der Waals surface area contributed by atoms with E-state index in [1.807, 2.05) is 44.2 Å². The number of halogens is 1. The highest BCUT2D eigenvalue weighted by Crippen LogP contribution is 2.26. The smallest absolute Gasteiger partial charge is 0.193 e. The van der Waals surface area contributed by atoms with Crippen LogP contribution in [0.4, 0.5) is 10.1 Å². The molecule has 0 saturated heterocycles. The summed E-state index contributed by atoms with van der Waals surface area (Å²) in [6, 6.07) is 14.5. The van der Waals surface area contributed by atoms with E-state index in [1.165, 1.54) is 6.07 Å². The summed E-state index contributed by atoms with van der Waals surface area (Å²) in [5.41, 5.74) is 8.01. The Bertz CT molecular complexity index is 713. The van der Waals surface area contributed by atoms with Crippen LogP contribution in [0.5, 0.6) is 0 Å². The van der Waals surface area contributed by atoms with E-state index in [-0.39, 0.29) is 5.82 Å². The summed E-state index contributed by atoms with van der Waals surface area (Å²) in [6.45, 7) is 4.75. The summed E-state index contributed by atoms with van der Waals surface area (Å²) in [5.74, 6) is 0.0673. The van der Waals surface area contributed by atoms with E-state index in [1.54, 1.807) is 19.2 Å². The quantitative estimate of drug-likeness (QED) is 0.628. The standard InChI is InChI=1S/C19H24FN3O/c1-19(2,15-9-5-6-10-16(15)20)13-22-18(21)23-17-11-7-4-8-14(17)12-24-3/h4-11H,12-13H2,1-3H3,(H3,21,22,23). The van der Waals surface area contributed by atoms with Crippen molar-refractivity contribution in [3.8, 4) is 0 Å². The zero-order valence-corrected chi connectivity index (χ0v) is 14.3. The molecule has 0 bridgehead atoms. The number of ether oxygens (including phenoxy) is 1. The molecule has 0 atom stereocenters. The molecule has 0 saturated carbocycles. The summed E-state index contributed by atoms with van der Waals surface area (Å²) < 4.78 is 19.2. The molecule has 0 aliphatic rings. The average molecular weight is 329 g/mol. The predicted molar refractivity (Wildman–Crippen MR) is 96.7 cm³/mol. The van der Waals surface area contributed by atoms with Crippen LogP contribution in [-0.2, 0) is 16.8 Å². The van der Waals surface area contributed by atoms with Crippen molar-refractivity contribution >= 4 is 11.6 Å². The van der Waals surface area contributed by atoms with Gasteiger partial charge in [0, 0.05) is 23.8 Å². The zero-order valence-electron chi connectivity index (χ0n) is 14.3. The van der Waals surface area contributed by atoms with Gasteiger partial charge in [-0.05, 0) is 17.7 Å². The summed E-state index contributed by atoms with van der Waals surface area (Å²) in [6.07, 6.45) is 0. The fourth-order valence-electron chi connectivity index (χ4n) is 2.48. The van der Waals surface area contributed by atoms with Crippen LogP contribution in [0.25, 0.3) is 0 Å². The molecular weight excluding hydrogens is 305 g/mol. The van der Waals surface area contributed by atoms with Crippen LogP contribution in [0.15, 0.2) is 53.5 Å². The van der Waals surface area contributed by atoms with Crippen molar-refractivity contribution < 1.29 is 9.13 Å². The number of anilines is 1. The summed E-state index contributed by atoms with van der Waals surface area (Å²) in [7, 11) is 1.64. The number of aliphatic imine (C=N–C) groups is 1. The van der Waals surface area contributed by atoms with Gasteiger partial charge in [-0.2, -0.15) is 0 Å². The van der Waals surface area contributed by atoms with Crippen molar-refractivity contribution in [2.75, 3.05) is 19.0 Å². The van der Waals surface area contributed by atoms with Crippen molar-refractivity contribution in [3.05, 3.63) is 65.5 Å². The van der Waals surface area contributed by atoms with E-state index >= 15 is 0 Å². The van der Waals surface area contributed by atoms with Crippen LogP contribution >= 0.6 is 0 Å². The first-order valence-corrected chi connectivity index (χ1v) is 7.83. The minimum Gasteiger partial charge on any atom is -0.380 e. The maximum atomic E-state index is 14.0. The second-order valence-corrected chi connectivity index (χ2v) is 6.28. The first kappa shape index (κ1) is 17.9. The van der Waals surface area contributed by atoms with E-state index in [0.717, 1.165) is 11.3 Å². The third-order valence-corrected chi connectivity index (χ3v) is 3.83. The van der Waals surface area contributed by atoms with Crippen molar-refractivity contribution in [1.82, 2.24) is 0 Å². The highest BCUT2D eigenvalue weighted by molar-refractivity contribution is 5.93. The topological polar surface area (TPSA) is 59.6 Å². The fourth-order valence-corrected chi connectivity index (χ4v) is 2.48. The van der Waals surface area contributed by atoms with Gasteiger partial charge in [0.15, 0.2) is 5.96 Å². The number of nitrogens with two attached hydrogens (primary N) is 1. The number of para-hydroxylation sites is 1. The van der Waals surface area contributed by atoms with Crippen LogP contribution < -0.4 is 11.1 Å². The zero-order chi connectivity index (χ0) is 17.6. The molecular formula is C19H24FN3O. The molecule has 2 aromatic carbocycles. The molecule has 0 unspecified atom stereocenters. The maximum Gasteiger partial charge on any atom is 0.193 e. The monoisotopic (exact) mass is 329 g/mol. The van der Waals surface area contributed by atoms with Crippen molar-refractivity contribution in [1.29, 1.82) is 0 Å². The molecule has 0 amide bonds. The molecule has 2 rings (SSSR count). The van der Waals surface area contributed by atoms with Crippen molar-refractivity contribution in [2.45, 2.75) is 25.9 Å². The lowest BCUT2D eigenvalue weighted by atomic mass is 9.84. The lowest BCUT2D eigenvalue weighted by Gasteiger charge is -2.24. The van der Waals surface area contributed by atoms with Gasteiger partial charge < -0.3 is 15.8 Å². The Morgan fingerprint density at radius 3 is 2.54 bits per heavy atom. The molecule has 0 heterocycles. The molecule has 4 nitrogen and oxygen atoms in total. The average Bonchev–Trinajstić information content (AvgIpc) is 2.55. The van der Waals surface area contributed by atoms with E-state index in [2.05, 4.69) is 10.3 Å². The second kappa shape index (κ2) is 7.93.